The van der Waals surface area contributed by atoms with Crippen molar-refractivity contribution in [2.75, 3.05) is 38.3 Å². The van der Waals surface area contributed by atoms with Gasteiger partial charge in [-0.3, -0.25) is 34.2 Å². The molecular weight excluding hydrogens is 426 g/mol. The minimum Gasteiger partial charge on any atom is -0.481 e. The lowest BCUT2D eigenvalue weighted by atomic mass is 10.0. The number of imide groups is 2. The molecule has 0 radical (unpaired) electrons. The number of carbonyl (C=O) groups is 5. The maximum absolute atomic E-state index is 13.0. The number of piperidine rings is 1. The Morgan fingerprint density at radius 1 is 1.09 bits per heavy atom. The number of nitrogens with zero attached hydrogens (tertiary/aromatic N) is 1. The van der Waals surface area contributed by atoms with Gasteiger partial charge in [-0.1, -0.05) is 6.07 Å². The summed E-state index contributed by atoms with van der Waals surface area (Å²) >= 11 is 0. The lowest BCUT2D eigenvalue weighted by Gasteiger charge is -2.27. The van der Waals surface area contributed by atoms with Crippen LogP contribution in [0.4, 0.5) is 5.69 Å². The molecule has 1 unspecified atom stereocenters. The van der Waals surface area contributed by atoms with Crippen molar-refractivity contribution >= 4 is 35.3 Å². The number of nitrogens with one attached hydrogen (secondary N) is 2. The van der Waals surface area contributed by atoms with Crippen LogP contribution in [0.3, 0.4) is 0 Å². The number of benzene rings is 1. The molecule has 12 heteroatoms. The van der Waals surface area contributed by atoms with Crippen LogP contribution in [0, 0.1) is 0 Å². The van der Waals surface area contributed by atoms with Crippen molar-refractivity contribution in [2.24, 2.45) is 0 Å². The predicted octanol–water partition coefficient (Wildman–Crippen LogP) is -0.0608. The zero-order valence-corrected chi connectivity index (χ0v) is 17.1. The molecule has 1 fully saturated rings. The van der Waals surface area contributed by atoms with E-state index in [1.807, 2.05) is 0 Å². The van der Waals surface area contributed by atoms with Crippen LogP contribution in [0.25, 0.3) is 0 Å². The highest BCUT2D eigenvalue weighted by molar-refractivity contribution is 6.25. The maximum Gasteiger partial charge on any atom is 0.305 e. The van der Waals surface area contributed by atoms with E-state index in [-0.39, 0.29) is 56.8 Å². The molecule has 0 saturated carbocycles. The van der Waals surface area contributed by atoms with Crippen LogP contribution in [0.5, 0.6) is 0 Å². The third kappa shape index (κ3) is 5.46. The lowest BCUT2D eigenvalue weighted by Crippen LogP contribution is -2.54. The zero-order chi connectivity index (χ0) is 23.1. The number of amides is 4. The molecule has 2 aliphatic heterocycles. The fourth-order valence-corrected chi connectivity index (χ4v) is 3.36. The number of aliphatic carboxylic acids is 1. The molecule has 0 bridgehead atoms. The summed E-state index contributed by atoms with van der Waals surface area (Å²) in [6, 6.07) is 3.78. The highest BCUT2D eigenvalue weighted by atomic mass is 17.2. The summed E-state index contributed by atoms with van der Waals surface area (Å²) < 4.78 is 5.36. The molecule has 1 aromatic carbocycles. The summed E-state index contributed by atoms with van der Waals surface area (Å²) in [5.74, 6) is -3.23. The molecular formula is C20H23N3O9. The molecule has 0 spiro atoms. The smallest absolute Gasteiger partial charge is 0.305 e. The van der Waals surface area contributed by atoms with Gasteiger partial charge in [0.15, 0.2) is 0 Å². The number of rotatable bonds is 12. The van der Waals surface area contributed by atoms with Gasteiger partial charge in [0, 0.05) is 18.7 Å². The molecule has 2 heterocycles. The Kier molecular flexibility index (Phi) is 7.87. The Hall–Kier alpha value is -3.35. The Morgan fingerprint density at radius 3 is 2.62 bits per heavy atom. The Bertz CT molecular complexity index is 918. The van der Waals surface area contributed by atoms with Gasteiger partial charge in [0.25, 0.3) is 11.8 Å². The van der Waals surface area contributed by atoms with Gasteiger partial charge in [0.05, 0.1) is 37.4 Å². The molecule has 3 N–H and O–H groups in total. The fourth-order valence-electron chi connectivity index (χ4n) is 3.36. The van der Waals surface area contributed by atoms with Crippen LogP contribution in [0.15, 0.2) is 18.2 Å². The van der Waals surface area contributed by atoms with Crippen LogP contribution in [0.1, 0.15) is 40.0 Å². The maximum atomic E-state index is 13.0. The van der Waals surface area contributed by atoms with Gasteiger partial charge in [0.1, 0.15) is 12.6 Å². The van der Waals surface area contributed by atoms with E-state index in [2.05, 4.69) is 15.5 Å². The van der Waals surface area contributed by atoms with Crippen molar-refractivity contribution in [1.29, 1.82) is 0 Å². The van der Waals surface area contributed by atoms with Crippen molar-refractivity contribution in [3.8, 4) is 0 Å². The highest BCUT2D eigenvalue weighted by Crippen LogP contribution is 2.32. The van der Waals surface area contributed by atoms with Crippen molar-refractivity contribution in [2.45, 2.75) is 25.3 Å². The topological polar surface area (TPSA) is 161 Å². The average molecular weight is 449 g/mol. The minimum atomic E-state index is -1.02. The van der Waals surface area contributed by atoms with E-state index in [1.54, 1.807) is 12.1 Å². The number of fused-ring (bicyclic) bond motifs is 1. The number of carboxylic acid groups (broad SMARTS) is 1. The summed E-state index contributed by atoms with van der Waals surface area (Å²) in [5.41, 5.74) is 0.808. The quantitative estimate of drug-likeness (QED) is 0.171. The summed E-state index contributed by atoms with van der Waals surface area (Å²) in [7, 11) is 0. The van der Waals surface area contributed by atoms with Crippen molar-refractivity contribution in [3.05, 3.63) is 29.3 Å². The first kappa shape index (κ1) is 23.3. The van der Waals surface area contributed by atoms with E-state index in [0.717, 1.165) is 4.90 Å². The van der Waals surface area contributed by atoms with Crippen LogP contribution < -0.4 is 10.6 Å². The average Bonchev–Trinajstić information content (AvgIpc) is 3.00. The van der Waals surface area contributed by atoms with Gasteiger partial charge < -0.3 is 15.2 Å². The predicted molar refractivity (Wildman–Crippen MR) is 107 cm³/mol. The third-order valence-corrected chi connectivity index (χ3v) is 4.82. The molecule has 1 aromatic rings. The summed E-state index contributed by atoms with van der Waals surface area (Å²) in [6.45, 7) is 0.868. The summed E-state index contributed by atoms with van der Waals surface area (Å²) in [5, 5.41) is 13.7. The second-order valence-corrected chi connectivity index (χ2v) is 7.00. The van der Waals surface area contributed by atoms with Gasteiger partial charge in [-0.15, -0.1) is 0 Å². The van der Waals surface area contributed by atoms with E-state index < -0.39 is 35.6 Å². The molecule has 12 nitrogen and oxygen atoms in total. The Balaban J connectivity index is 1.48. The first-order chi connectivity index (χ1) is 15.4. The largest absolute Gasteiger partial charge is 0.481 e. The molecule has 0 aliphatic carbocycles. The number of anilines is 1. The summed E-state index contributed by atoms with van der Waals surface area (Å²) in [6.07, 6.45) is -0.0101. The molecule has 32 heavy (non-hydrogen) atoms. The molecule has 0 aromatic heterocycles. The second-order valence-electron chi connectivity index (χ2n) is 7.00. The molecule has 1 saturated heterocycles. The van der Waals surface area contributed by atoms with E-state index >= 15 is 0 Å². The van der Waals surface area contributed by atoms with Crippen LogP contribution in [-0.2, 0) is 28.9 Å². The van der Waals surface area contributed by atoms with Crippen molar-refractivity contribution in [3.63, 3.8) is 0 Å². The van der Waals surface area contributed by atoms with E-state index in [0.29, 0.717) is 12.2 Å². The molecule has 3 rings (SSSR count). The Morgan fingerprint density at radius 2 is 1.88 bits per heavy atom. The van der Waals surface area contributed by atoms with E-state index in [1.165, 1.54) is 6.07 Å². The van der Waals surface area contributed by atoms with Gasteiger partial charge in [-0.05, 0) is 18.6 Å². The van der Waals surface area contributed by atoms with Crippen LogP contribution in [0.2, 0.25) is 0 Å². The Labute approximate surface area is 182 Å². The lowest BCUT2D eigenvalue weighted by molar-refractivity contribution is -0.298. The standard InChI is InChI=1S/C20H23N3O9/c24-15-5-4-14(18(27)22-15)23-19(28)12-2-1-3-13(17(12)20(23)29)21-7-9-30-10-11-32-31-8-6-16(25)26/h1-3,14,21H,4-11H2,(H,25,26)(H,22,24,27). The molecule has 2 aliphatic rings. The SMILES string of the molecule is O=C(O)CCOOCCOCCNc1cccc2c1C(=O)N(C1CCC(=O)NC1=O)C2=O. The van der Waals surface area contributed by atoms with Crippen LogP contribution >= 0.6 is 0 Å². The molecule has 172 valence electrons. The fraction of sp³-hybridized carbons (Fsp3) is 0.450. The van der Waals surface area contributed by atoms with E-state index in [9.17, 15) is 24.0 Å². The van der Waals surface area contributed by atoms with Gasteiger partial charge in [-0.2, -0.15) is 0 Å². The normalized spacial score (nSPS) is 18.0. The van der Waals surface area contributed by atoms with E-state index in [4.69, 9.17) is 14.7 Å². The third-order valence-electron chi connectivity index (χ3n) is 4.82. The second kappa shape index (κ2) is 10.8. The molecule has 1 atom stereocenters. The first-order valence-electron chi connectivity index (χ1n) is 10.0. The number of hydrogen-bond donors (Lipinski definition) is 3. The monoisotopic (exact) mass is 449 g/mol. The number of ether oxygens (including phenoxy) is 1. The zero-order valence-electron chi connectivity index (χ0n) is 17.1. The first-order valence-corrected chi connectivity index (χ1v) is 10.0. The van der Waals surface area contributed by atoms with Crippen LogP contribution in [-0.4, -0.2) is 78.6 Å². The van der Waals surface area contributed by atoms with Gasteiger partial charge in [-0.25, -0.2) is 9.78 Å². The number of carbonyl (C=O) groups excluding carboxylic acids is 4. The number of hydrogen-bond acceptors (Lipinski definition) is 9. The van der Waals surface area contributed by atoms with Gasteiger partial charge in [0.2, 0.25) is 11.8 Å². The minimum absolute atomic E-state index is 0.0561. The van der Waals surface area contributed by atoms with Crippen molar-refractivity contribution in [1.82, 2.24) is 10.2 Å². The van der Waals surface area contributed by atoms with Crippen molar-refractivity contribution < 1.29 is 43.6 Å². The number of carboxylic acids is 1. The molecule has 4 amide bonds. The highest BCUT2D eigenvalue weighted by Gasteiger charge is 2.45. The summed E-state index contributed by atoms with van der Waals surface area (Å²) in [4.78, 5) is 69.9. The van der Waals surface area contributed by atoms with Gasteiger partial charge >= 0.3 is 5.97 Å².